The van der Waals surface area contributed by atoms with Crippen LogP contribution in [0.15, 0.2) is 70.0 Å². The molecule has 9 heteroatoms. The molecule has 1 unspecified atom stereocenters. The van der Waals surface area contributed by atoms with Crippen LogP contribution in [0.2, 0.25) is 5.02 Å². The number of aromatic nitrogens is 2. The zero-order valence-corrected chi connectivity index (χ0v) is 18.1. The molecule has 2 aromatic heterocycles. The summed E-state index contributed by atoms with van der Waals surface area (Å²) in [6.07, 6.45) is -0.752. The number of fused-ring (bicyclic) bond motifs is 1. The molecule has 0 aliphatic carbocycles. The molecule has 0 bridgehead atoms. The third-order valence-electron chi connectivity index (χ3n) is 4.52. The molecule has 2 aromatic carbocycles. The van der Waals surface area contributed by atoms with E-state index in [1.807, 2.05) is 18.2 Å². The number of hydrogen-bond donors (Lipinski definition) is 1. The van der Waals surface area contributed by atoms with Crippen molar-refractivity contribution in [3.8, 4) is 11.5 Å². The lowest BCUT2D eigenvalue weighted by molar-refractivity contribution is -0.122. The number of amides is 1. The van der Waals surface area contributed by atoms with Crippen LogP contribution >= 0.6 is 11.6 Å². The Bertz CT molecular complexity index is 1320. The molecule has 2 heterocycles. The third kappa shape index (κ3) is 4.92. The number of benzene rings is 2. The molecule has 0 aliphatic heterocycles. The van der Waals surface area contributed by atoms with Gasteiger partial charge >= 0.3 is 0 Å². The van der Waals surface area contributed by atoms with Gasteiger partial charge in [0.15, 0.2) is 11.8 Å². The average molecular weight is 454 g/mol. The lowest BCUT2D eigenvalue weighted by Gasteiger charge is -2.17. The van der Waals surface area contributed by atoms with Gasteiger partial charge in [-0.25, -0.2) is 4.98 Å². The molecular weight excluding hydrogens is 434 g/mol. The van der Waals surface area contributed by atoms with Gasteiger partial charge < -0.3 is 19.3 Å². The summed E-state index contributed by atoms with van der Waals surface area (Å²) in [4.78, 5) is 29.2. The Morgan fingerprint density at radius 2 is 1.97 bits per heavy atom. The van der Waals surface area contributed by atoms with E-state index in [0.29, 0.717) is 39.3 Å². The Balaban J connectivity index is 1.48. The summed E-state index contributed by atoms with van der Waals surface area (Å²) in [6.45, 7) is 3.39. The van der Waals surface area contributed by atoms with Crippen LogP contribution in [0.5, 0.6) is 11.5 Å². The summed E-state index contributed by atoms with van der Waals surface area (Å²) in [7, 11) is 0. The minimum Gasteiger partial charge on any atom is -0.485 e. The van der Waals surface area contributed by atoms with E-state index in [0.717, 1.165) is 4.57 Å². The third-order valence-corrected chi connectivity index (χ3v) is 4.76. The molecule has 32 heavy (non-hydrogen) atoms. The fourth-order valence-electron chi connectivity index (χ4n) is 3.02. The maximum Gasteiger partial charge on any atom is 0.287 e. The summed E-state index contributed by atoms with van der Waals surface area (Å²) in [5, 5.41) is 3.20. The molecule has 0 fully saturated rings. The molecule has 0 saturated carbocycles. The second kappa shape index (κ2) is 9.15. The van der Waals surface area contributed by atoms with Gasteiger partial charge in [0, 0.05) is 17.2 Å². The fraction of sp³-hybridized carbons (Fsp3) is 0.174. The van der Waals surface area contributed by atoms with E-state index in [9.17, 15) is 9.59 Å². The SMILES string of the molecule is Cc1cc2nc(COc3ccc(Cl)cc3NC(=O)C(C)Oc3ccccc3)cc(=O)n2o1. The number of ether oxygens (including phenoxy) is 2. The highest BCUT2D eigenvalue weighted by atomic mass is 35.5. The summed E-state index contributed by atoms with van der Waals surface area (Å²) in [5.41, 5.74) is 0.843. The van der Waals surface area contributed by atoms with Gasteiger partial charge in [0.2, 0.25) is 0 Å². The van der Waals surface area contributed by atoms with Crippen LogP contribution in [0.4, 0.5) is 5.69 Å². The van der Waals surface area contributed by atoms with Crippen LogP contribution in [-0.4, -0.2) is 21.6 Å². The van der Waals surface area contributed by atoms with E-state index >= 15 is 0 Å². The van der Waals surface area contributed by atoms with Crippen molar-refractivity contribution in [3.05, 3.63) is 87.5 Å². The predicted octanol–water partition coefficient (Wildman–Crippen LogP) is 4.23. The van der Waals surface area contributed by atoms with Gasteiger partial charge in [0.25, 0.3) is 11.5 Å². The first-order valence-corrected chi connectivity index (χ1v) is 10.2. The molecule has 1 N–H and O–H groups in total. The van der Waals surface area contributed by atoms with E-state index < -0.39 is 6.10 Å². The van der Waals surface area contributed by atoms with Crippen LogP contribution in [0.1, 0.15) is 18.4 Å². The van der Waals surface area contributed by atoms with E-state index in [1.54, 1.807) is 50.2 Å². The number of halogens is 1. The Morgan fingerprint density at radius 1 is 1.19 bits per heavy atom. The quantitative estimate of drug-likeness (QED) is 0.450. The van der Waals surface area contributed by atoms with Gasteiger partial charge in [-0.2, -0.15) is 0 Å². The molecular formula is C23H20ClN3O5. The fourth-order valence-corrected chi connectivity index (χ4v) is 3.19. The van der Waals surface area contributed by atoms with Crippen LogP contribution < -0.4 is 20.3 Å². The number of nitrogens with one attached hydrogen (secondary N) is 1. The number of hydrogen-bond acceptors (Lipinski definition) is 6. The van der Waals surface area contributed by atoms with Crippen molar-refractivity contribution >= 4 is 28.8 Å². The predicted molar refractivity (Wildman–Crippen MR) is 119 cm³/mol. The Hall–Kier alpha value is -3.78. The molecule has 0 saturated heterocycles. The molecule has 0 radical (unpaired) electrons. The standard InChI is InChI=1S/C23H20ClN3O5/c1-14-10-21-25-17(12-22(28)27(21)32-14)13-30-20-9-8-16(24)11-19(20)26-23(29)15(2)31-18-6-4-3-5-7-18/h3-12,15H,13H2,1-2H3,(H,26,29). The molecule has 4 rings (SSSR count). The normalized spacial score (nSPS) is 11.8. The van der Waals surface area contributed by atoms with Gasteiger partial charge in [-0.05, 0) is 44.2 Å². The smallest absolute Gasteiger partial charge is 0.287 e. The number of anilines is 1. The molecule has 8 nitrogen and oxygen atoms in total. The summed E-state index contributed by atoms with van der Waals surface area (Å²) >= 11 is 6.11. The maximum atomic E-state index is 12.6. The lowest BCUT2D eigenvalue weighted by Crippen LogP contribution is -2.30. The van der Waals surface area contributed by atoms with Gasteiger partial charge in [0.1, 0.15) is 23.9 Å². The number of nitrogens with zero attached hydrogens (tertiary/aromatic N) is 2. The van der Waals surface area contributed by atoms with Crippen molar-refractivity contribution in [2.24, 2.45) is 0 Å². The maximum absolute atomic E-state index is 12.6. The van der Waals surface area contributed by atoms with E-state index in [4.69, 9.17) is 25.6 Å². The van der Waals surface area contributed by atoms with Crippen molar-refractivity contribution in [2.45, 2.75) is 26.6 Å². The van der Waals surface area contributed by atoms with Crippen LogP contribution in [-0.2, 0) is 11.4 Å². The molecule has 0 aliphatic rings. The topological polar surface area (TPSA) is 95.1 Å². The Morgan fingerprint density at radius 3 is 2.75 bits per heavy atom. The van der Waals surface area contributed by atoms with E-state index in [2.05, 4.69) is 10.3 Å². The van der Waals surface area contributed by atoms with Gasteiger partial charge in [-0.15, -0.1) is 4.57 Å². The molecule has 164 valence electrons. The van der Waals surface area contributed by atoms with Crippen molar-refractivity contribution in [1.82, 2.24) is 9.56 Å². The van der Waals surface area contributed by atoms with Crippen molar-refractivity contribution in [1.29, 1.82) is 0 Å². The number of carbonyl (C=O) groups excluding carboxylic acids is 1. The summed E-state index contributed by atoms with van der Waals surface area (Å²) in [6, 6.07) is 16.9. The highest BCUT2D eigenvalue weighted by Gasteiger charge is 2.17. The second-order valence-electron chi connectivity index (χ2n) is 7.08. The lowest BCUT2D eigenvalue weighted by atomic mass is 10.2. The Labute approximate surface area is 188 Å². The molecule has 1 atom stereocenters. The number of carbonyl (C=O) groups is 1. The van der Waals surface area contributed by atoms with Crippen LogP contribution in [0, 0.1) is 6.92 Å². The summed E-state index contributed by atoms with van der Waals surface area (Å²) in [5.74, 6) is 1.16. The minimum atomic E-state index is -0.752. The van der Waals surface area contributed by atoms with Gasteiger partial charge in [-0.3, -0.25) is 9.59 Å². The minimum absolute atomic E-state index is 0.0105. The molecule has 4 aromatic rings. The molecule has 1 amide bonds. The number of rotatable bonds is 7. The van der Waals surface area contributed by atoms with Crippen LogP contribution in [0.25, 0.3) is 5.65 Å². The molecule has 0 spiro atoms. The van der Waals surface area contributed by atoms with Crippen molar-refractivity contribution < 1.29 is 18.8 Å². The second-order valence-corrected chi connectivity index (χ2v) is 7.51. The monoisotopic (exact) mass is 453 g/mol. The van der Waals surface area contributed by atoms with E-state index in [1.165, 1.54) is 6.07 Å². The first-order valence-electron chi connectivity index (χ1n) is 9.83. The van der Waals surface area contributed by atoms with Crippen molar-refractivity contribution in [2.75, 3.05) is 5.32 Å². The Kier molecular flexibility index (Phi) is 6.13. The first kappa shape index (κ1) is 21.5. The number of aryl methyl sites for hydroxylation is 1. The summed E-state index contributed by atoms with van der Waals surface area (Å²) < 4.78 is 17.9. The van der Waals surface area contributed by atoms with Gasteiger partial charge in [-0.1, -0.05) is 29.8 Å². The zero-order valence-electron chi connectivity index (χ0n) is 17.4. The number of para-hydroxylation sites is 1. The van der Waals surface area contributed by atoms with Gasteiger partial charge in [0.05, 0.1) is 11.4 Å². The zero-order chi connectivity index (χ0) is 22.7. The highest BCUT2D eigenvalue weighted by molar-refractivity contribution is 6.31. The highest BCUT2D eigenvalue weighted by Crippen LogP contribution is 2.29. The van der Waals surface area contributed by atoms with E-state index in [-0.39, 0.29) is 18.1 Å². The van der Waals surface area contributed by atoms with Crippen molar-refractivity contribution in [3.63, 3.8) is 0 Å². The first-order chi connectivity index (χ1) is 15.4. The largest absolute Gasteiger partial charge is 0.485 e. The average Bonchev–Trinajstić information content (AvgIpc) is 3.14. The van der Waals surface area contributed by atoms with Crippen LogP contribution in [0.3, 0.4) is 0 Å².